The summed E-state index contributed by atoms with van der Waals surface area (Å²) >= 11 is 0. The van der Waals surface area contributed by atoms with Crippen molar-refractivity contribution in [3.63, 3.8) is 0 Å². The van der Waals surface area contributed by atoms with Crippen molar-refractivity contribution in [1.29, 1.82) is 0 Å². The number of rotatable bonds is 9. The summed E-state index contributed by atoms with van der Waals surface area (Å²) in [5.41, 5.74) is 0.979. The number of methoxy groups -OCH3 is 2. The van der Waals surface area contributed by atoms with E-state index in [9.17, 15) is 14.7 Å². The first-order valence-electron chi connectivity index (χ1n) is 10.7. The molecule has 1 amide bonds. The molecule has 33 heavy (non-hydrogen) atoms. The number of carbonyl (C=O) groups excluding carboxylic acids is 2. The van der Waals surface area contributed by atoms with Crippen molar-refractivity contribution in [2.24, 2.45) is 0 Å². The molecular weight excluding hydrogens is 424 g/mol. The van der Waals surface area contributed by atoms with E-state index in [-0.39, 0.29) is 11.3 Å². The number of amides is 1. The molecular formula is C25H30N2O6. The summed E-state index contributed by atoms with van der Waals surface area (Å²) < 4.78 is 16.5. The highest BCUT2D eigenvalue weighted by molar-refractivity contribution is 6.46. The molecule has 1 heterocycles. The maximum Gasteiger partial charge on any atom is 0.295 e. The third-order valence-electron chi connectivity index (χ3n) is 5.49. The number of hydrogen-bond acceptors (Lipinski definition) is 7. The molecule has 3 rings (SSSR count). The van der Waals surface area contributed by atoms with Crippen molar-refractivity contribution in [2.75, 3.05) is 48.0 Å². The minimum atomic E-state index is -0.832. The number of Topliss-reactive ketones (excluding diaryl/α,β-unsaturated/α-hetero) is 1. The molecule has 1 N–H and O–H groups in total. The third-order valence-corrected chi connectivity index (χ3v) is 5.49. The van der Waals surface area contributed by atoms with Crippen LogP contribution in [0.25, 0.3) is 5.76 Å². The Balaban J connectivity index is 2.19. The highest BCUT2D eigenvalue weighted by Crippen LogP contribution is 2.45. The van der Waals surface area contributed by atoms with Crippen molar-refractivity contribution < 1.29 is 28.9 Å². The normalized spacial score (nSPS) is 17.5. The first kappa shape index (κ1) is 24.1. The van der Waals surface area contributed by atoms with Gasteiger partial charge in [-0.1, -0.05) is 12.1 Å². The largest absolute Gasteiger partial charge is 0.507 e. The summed E-state index contributed by atoms with van der Waals surface area (Å²) in [7, 11) is 6.79. The molecule has 176 valence electrons. The van der Waals surface area contributed by atoms with Crippen LogP contribution in [0.15, 0.2) is 48.0 Å². The Morgan fingerprint density at radius 1 is 1.06 bits per heavy atom. The van der Waals surface area contributed by atoms with Crippen molar-refractivity contribution in [3.05, 3.63) is 59.2 Å². The fourth-order valence-corrected chi connectivity index (χ4v) is 3.90. The Bertz CT molecular complexity index is 1050. The molecule has 0 aliphatic carbocycles. The van der Waals surface area contributed by atoms with E-state index in [4.69, 9.17) is 14.2 Å². The first-order valence-corrected chi connectivity index (χ1v) is 10.7. The van der Waals surface area contributed by atoms with E-state index in [1.165, 1.54) is 19.1 Å². The van der Waals surface area contributed by atoms with Gasteiger partial charge >= 0.3 is 0 Å². The second kappa shape index (κ2) is 10.4. The van der Waals surface area contributed by atoms with Gasteiger partial charge in [0.2, 0.25) is 0 Å². The molecule has 1 aliphatic rings. The summed E-state index contributed by atoms with van der Waals surface area (Å²) in [5.74, 6) is -0.145. The molecule has 8 heteroatoms. The number of ketones is 1. The van der Waals surface area contributed by atoms with Crippen LogP contribution in [-0.2, 0) is 9.59 Å². The van der Waals surface area contributed by atoms with Gasteiger partial charge in [0, 0.05) is 24.2 Å². The van der Waals surface area contributed by atoms with Crippen LogP contribution in [0.1, 0.15) is 24.1 Å². The van der Waals surface area contributed by atoms with E-state index in [2.05, 4.69) is 0 Å². The maximum atomic E-state index is 13.2. The molecule has 1 fully saturated rings. The average Bonchev–Trinajstić information content (AvgIpc) is 3.06. The SMILES string of the molecule is CCOc1ccc(/C(O)=C2\C(=O)C(=O)N(CCN(C)C)[C@H]2c2cccc(OC)c2OC)cc1. The maximum absolute atomic E-state index is 13.2. The quantitative estimate of drug-likeness (QED) is 0.354. The van der Waals surface area contributed by atoms with Crippen molar-refractivity contribution in [1.82, 2.24) is 9.80 Å². The minimum absolute atomic E-state index is 0.00877. The van der Waals surface area contributed by atoms with Crippen LogP contribution in [0.4, 0.5) is 0 Å². The lowest BCUT2D eigenvalue weighted by atomic mass is 9.94. The van der Waals surface area contributed by atoms with Gasteiger partial charge in [0.05, 0.1) is 32.4 Å². The Morgan fingerprint density at radius 2 is 1.76 bits per heavy atom. The van der Waals surface area contributed by atoms with E-state index < -0.39 is 17.7 Å². The van der Waals surface area contributed by atoms with E-state index in [0.717, 1.165) is 0 Å². The number of para-hydroxylation sites is 1. The predicted octanol–water partition coefficient (Wildman–Crippen LogP) is 3.09. The van der Waals surface area contributed by atoms with E-state index in [0.29, 0.717) is 48.1 Å². The van der Waals surface area contributed by atoms with Crippen LogP contribution in [-0.4, -0.2) is 74.6 Å². The molecule has 8 nitrogen and oxygen atoms in total. The molecule has 0 aromatic heterocycles. The molecule has 1 atom stereocenters. The standard InChI is InChI=1S/C25H30N2O6/c1-6-33-17-12-10-16(11-13-17)22(28)20-21(18-8-7-9-19(31-4)24(18)32-5)27(15-14-26(2)3)25(30)23(20)29/h7-13,21,28H,6,14-15H2,1-5H3/b22-20+/t21-/m0/s1. The van der Waals surface area contributed by atoms with Crippen molar-refractivity contribution in [3.8, 4) is 17.2 Å². The zero-order valence-electron chi connectivity index (χ0n) is 19.6. The number of ether oxygens (including phenoxy) is 3. The lowest BCUT2D eigenvalue weighted by Crippen LogP contribution is -2.35. The van der Waals surface area contributed by atoms with E-state index in [1.807, 2.05) is 25.9 Å². The second-order valence-electron chi connectivity index (χ2n) is 7.84. The van der Waals surface area contributed by atoms with Crippen LogP contribution in [0.2, 0.25) is 0 Å². The monoisotopic (exact) mass is 454 g/mol. The number of likely N-dealkylation sites (tertiary alicyclic amines) is 1. The van der Waals surface area contributed by atoms with Crippen LogP contribution in [0.3, 0.4) is 0 Å². The Kier molecular flexibility index (Phi) is 7.60. The Morgan fingerprint density at radius 3 is 2.33 bits per heavy atom. The number of nitrogens with zero attached hydrogens (tertiary/aromatic N) is 2. The zero-order chi connectivity index (χ0) is 24.1. The molecule has 2 aromatic carbocycles. The van der Waals surface area contributed by atoms with Crippen molar-refractivity contribution >= 4 is 17.4 Å². The lowest BCUT2D eigenvalue weighted by molar-refractivity contribution is -0.140. The lowest BCUT2D eigenvalue weighted by Gasteiger charge is -2.28. The second-order valence-corrected chi connectivity index (χ2v) is 7.84. The zero-order valence-corrected chi connectivity index (χ0v) is 19.6. The number of hydrogen-bond donors (Lipinski definition) is 1. The smallest absolute Gasteiger partial charge is 0.295 e. The van der Waals surface area contributed by atoms with Crippen LogP contribution >= 0.6 is 0 Å². The van der Waals surface area contributed by atoms with Gasteiger partial charge in [-0.2, -0.15) is 0 Å². The highest BCUT2D eigenvalue weighted by atomic mass is 16.5. The molecule has 0 spiro atoms. The van der Waals surface area contributed by atoms with E-state index >= 15 is 0 Å². The summed E-state index contributed by atoms with van der Waals surface area (Å²) in [6.45, 7) is 3.23. The molecule has 2 aromatic rings. The molecule has 0 unspecified atom stereocenters. The number of benzene rings is 2. The van der Waals surface area contributed by atoms with Crippen molar-refractivity contribution in [2.45, 2.75) is 13.0 Å². The van der Waals surface area contributed by atoms with Gasteiger partial charge in [0.25, 0.3) is 11.7 Å². The van der Waals surface area contributed by atoms with Crippen LogP contribution in [0.5, 0.6) is 17.2 Å². The van der Waals surface area contributed by atoms with E-state index in [1.54, 1.807) is 42.5 Å². The number of likely N-dealkylation sites (N-methyl/N-ethyl adjacent to an activating group) is 1. The summed E-state index contributed by atoms with van der Waals surface area (Å²) in [5, 5.41) is 11.2. The highest BCUT2D eigenvalue weighted by Gasteiger charge is 2.47. The number of carbonyl (C=O) groups is 2. The van der Waals surface area contributed by atoms with Crippen LogP contribution in [0, 0.1) is 0 Å². The third kappa shape index (κ3) is 4.80. The van der Waals surface area contributed by atoms with Gasteiger partial charge in [0.15, 0.2) is 11.5 Å². The Labute approximate surface area is 194 Å². The molecule has 0 bridgehead atoms. The number of aliphatic hydroxyl groups is 1. The minimum Gasteiger partial charge on any atom is -0.507 e. The molecule has 0 radical (unpaired) electrons. The topological polar surface area (TPSA) is 88.5 Å². The van der Waals surface area contributed by atoms with Gasteiger partial charge in [-0.15, -0.1) is 0 Å². The van der Waals surface area contributed by atoms with Gasteiger partial charge < -0.3 is 29.1 Å². The molecule has 0 saturated carbocycles. The Hall–Kier alpha value is -3.52. The summed E-state index contributed by atoms with van der Waals surface area (Å²) in [4.78, 5) is 29.6. The van der Waals surface area contributed by atoms with Gasteiger partial charge in [-0.3, -0.25) is 9.59 Å². The fraction of sp³-hybridized carbons (Fsp3) is 0.360. The first-order chi connectivity index (χ1) is 15.8. The summed E-state index contributed by atoms with van der Waals surface area (Å²) in [6.07, 6.45) is 0. The predicted molar refractivity (Wildman–Crippen MR) is 125 cm³/mol. The van der Waals surface area contributed by atoms with Gasteiger partial charge in [0.1, 0.15) is 11.5 Å². The summed E-state index contributed by atoms with van der Waals surface area (Å²) in [6, 6.07) is 11.2. The van der Waals surface area contributed by atoms with Gasteiger partial charge in [-0.25, -0.2) is 0 Å². The van der Waals surface area contributed by atoms with Gasteiger partial charge in [-0.05, 0) is 51.4 Å². The number of aliphatic hydroxyl groups excluding tert-OH is 1. The molecule has 1 saturated heterocycles. The van der Waals surface area contributed by atoms with Crippen LogP contribution < -0.4 is 14.2 Å². The molecule has 1 aliphatic heterocycles. The fourth-order valence-electron chi connectivity index (χ4n) is 3.90. The average molecular weight is 455 g/mol.